The second kappa shape index (κ2) is 5.98. The van der Waals surface area contributed by atoms with Crippen LogP contribution in [-0.4, -0.2) is 31.1 Å². The van der Waals surface area contributed by atoms with Crippen LogP contribution in [0.25, 0.3) is 0 Å². The Morgan fingerprint density at radius 3 is 2.53 bits per heavy atom. The van der Waals surface area contributed by atoms with Gasteiger partial charge in [-0.05, 0) is 37.3 Å². The van der Waals surface area contributed by atoms with Crippen molar-refractivity contribution in [3.8, 4) is 0 Å². The molecule has 0 aliphatic carbocycles. The third-order valence-corrected chi connectivity index (χ3v) is 4.74. The topological polar surface area (TPSA) is 15.3 Å². The van der Waals surface area contributed by atoms with E-state index in [1.165, 1.54) is 30.8 Å². The van der Waals surface area contributed by atoms with Crippen molar-refractivity contribution in [2.24, 2.45) is 5.92 Å². The van der Waals surface area contributed by atoms with Gasteiger partial charge in [0.2, 0.25) is 0 Å². The average molecular weight is 252 g/mol. The van der Waals surface area contributed by atoms with Gasteiger partial charge in [0.25, 0.3) is 0 Å². The van der Waals surface area contributed by atoms with Gasteiger partial charge in [0, 0.05) is 30.1 Å². The Hall–Kier alpha value is -0.380. The van der Waals surface area contributed by atoms with Crippen LogP contribution in [0.15, 0.2) is 17.5 Å². The van der Waals surface area contributed by atoms with Crippen LogP contribution in [0.2, 0.25) is 0 Å². The summed E-state index contributed by atoms with van der Waals surface area (Å²) in [4.78, 5) is 4.20. The minimum atomic E-state index is 0.618. The van der Waals surface area contributed by atoms with Gasteiger partial charge in [-0.3, -0.25) is 4.90 Å². The molecule has 0 aromatic carbocycles. The maximum atomic E-state index is 3.40. The van der Waals surface area contributed by atoms with Crippen LogP contribution >= 0.6 is 11.3 Å². The van der Waals surface area contributed by atoms with Crippen LogP contribution in [-0.2, 0) is 0 Å². The SMILES string of the molecule is CNC1CCN(C(c2cccs2)C(C)C)CC1. The Kier molecular flexibility index (Phi) is 4.60. The maximum absolute atomic E-state index is 3.40. The number of hydrogen-bond donors (Lipinski definition) is 1. The zero-order valence-corrected chi connectivity index (χ0v) is 12.0. The second-order valence-electron chi connectivity index (χ2n) is 5.30. The molecule has 1 aromatic heterocycles. The highest BCUT2D eigenvalue weighted by molar-refractivity contribution is 7.10. The summed E-state index contributed by atoms with van der Waals surface area (Å²) in [6.07, 6.45) is 2.57. The van der Waals surface area contributed by atoms with E-state index in [9.17, 15) is 0 Å². The molecule has 96 valence electrons. The predicted molar refractivity (Wildman–Crippen MR) is 75.6 cm³/mol. The number of thiophene rings is 1. The van der Waals surface area contributed by atoms with E-state index in [4.69, 9.17) is 0 Å². The first-order valence-corrected chi connectivity index (χ1v) is 7.55. The van der Waals surface area contributed by atoms with Gasteiger partial charge in [0.1, 0.15) is 0 Å². The van der Waals surface area contributed by atoms with Crippen molar-refractivity contribution >= 4 is 11.3 Å². The number of rotatable bonds is 4. The summed E-state index contributed by atoms with van der Waals surface area (Å²) in [6, 6.07) is 5.81. The van der Waals surface area contributed by atoms with Gasteiger partial charge in [-0.25, -0.2) is 0 Å². The molecule has 1 atom stereocenters. The first kappa shape index (κ1) is 13.1. The summed E-state index contributed by atoms with van der Waals surface area (Å²) in [5.41, 5.74) is 0. The molecule has 3 heteroatoms. The number of hydrogen-bond acceptors (Lipinski definition) is 3. The lowest BCUT2D eigenvalue weighted by molar-refractivity contribution is 0.117. The standard InChI is InChI=1S/C14H24N2S/c1-11(2)14(13-5-4-10-17-13)16-8-6-12(15-3)7-9-16/h4-5,10-12,14-15H,6-9H2,1-3H3. The summed E-state index contributed by atoms with van der Waals surface area (Å²) in [6.45, 7) is 7.14. The maximum Gasteiger partial charge on any atom is 0.0464 e. The van der Waals surface area contributed by atoms with Crippen LogP contribution in [0.1, 0.15) is 37.6 Å². The summed E-state index contributed by atoms with van der Waals surface area (Å²) in [5.74, 6) is 0.694. The van der Waals surface area contributed by atoms with Crippen LogP contribution in [0, 0.1) is 5.92 Å². The van der Waals surface area contributed by atoms with Crippen molar-refractivity contribution in [1.82, 2.24) is 10.2 Å². The lowest BCUT2D eigenvalue weighted by atomic mass is 9.96. The molecule has 1 aliphatic rings. The Morgan fingerprint density at radius 1 is 1.35 bits per heavy atom. The van der Waals surface area contributed by atoms with E-state index in [0.29, 0.717) is 12.0 Å². The van der Waals surface area contributed by atoms with Crippen LogP contribution in [0.4, 0.5) is 0 Å². The van der Waals surface area contributed by atoms with Crippen LogP contribution < -0.4 is 5.32 Å². The van der Waals surface area contributed by atoms with E-state index in [1.54, 1.807) is 0 Å². The van der Waals surface area contributed by atoms with Crippen LogP contribution in [0.5, 0.6) is 0 Å². The molecule has 1 aromatic rings. The largest absolute Gasteiger partial charge is 0.317 e. The molecular formula is C14H24N2S. The summed E-state index contributed by atoms with van der Waals surface area (Å²) < 4.78 is 0. The smallest absolute Gasteiger partial charge is 0.0464 e. The summed E-state index contributed by atoms with van der Waals surface area (Å²) in [5, 5.41) is 5.60. The van der Waals surface area contributed by atoms with Crippen molar-refractivity contribution in [1.29, 1.82) is 0 Å². The van der Waals surface area contributed by atoms with Gasteiger partial charge >= 0.3 is 0 Å². The molecule has 0 saturated carbocycles. The van der Waals surface area contributed by atoms with E-state index < -0.39 is 0 Å². The lowest BCUT2D eigenvalue weighted by Gasteiger charge is -2.39. The van der Waals surface area contributed by atoms with Gasteiger partial charge < -0.3 is 5.32 Å². The molecule has 1 unspecified atom stereocenters. The molecule has 0 spiro atoms. The highest BCUT2D eigenvalue weighted by Gasteiger charge is 2.28. The quantitative estimate of drug-likeness (QED) is 0.885. The second-order valence-corrected chi connectivity index (χ2v) is 6.28. The Bertz CT molecular complexity index is 313. The highest BCUT2D eigenvalue weighted by atomic mass is 32.1. The molecule has 0 radical (unpaired) electrons. The molecule has 2 rings (SSSR count). The van der Waals surface area contributed by atoms with E-state index in [2.05, 4.69) is 48.6 Å². The molecule has 2 nitrogen and oxygen atoms in total. The number of likely N-dealkylation sites (tertiary alicyclic amines) is 1. The fraction of sp³-hybridized carbons (Fsp3) is 0.714. The van der Waals surface area contributed by atoms with E-state index >= 15 is 0 Å². The molecule has 17 heavy (non-hydrogen) atoms. The lowest BCUT2D eigenvalue weighted by Crippen LogP contribution is -2.43. The number of nitrogens with zero attached hydrogens (tertiary/aromatic N) is 1. The molecule has 2 heterocycles. The van der Waals surface area contributed by atoms with Crippen molar-refractivity contribution in [2.75, 3.05) is 20.1 Å². The fourth-order valence-electron chi connectivity index (χ4n) is 2.86. The Labute approximate surface area is 109 Å². The zero-order valence-electron chi connectivity index (χ0n) is 11.1. The third kappa shape index (κ3) is 3.09. The van der Waals surface area contributed by atoms with Gasteiger partial charge in [-0.15, -0.1) is 11.3 Å². The van der Waals surface area contributed by atoms with Crippen molar-refractivity contribution in [3.05, 3.63) is 22.4 Å². The number of piperidine rings is 1. The highest BCUT2D eigenvalue weighted by Crippen LogP contribution is 2.33. The summed E-state index contributed by atoms with van der Waals surface area (Å²) >= 11 is 1.90. The van der Waals surface area contributed by atoms with E-state index in [-0.39, 0.29) is 0 Å². The first-order chi connectivity index (χ1) is 8.22. The molecule has 0 bridgehead atoms. The minimum Gasteiger partial charge on any atom is -0.317 e. The fourth-order valence-corrected chi connectivity index (χ4v) is 3.89. The van der Waals surface area contributed by atoms with Gasteiger partial charge in [-0.2, -0.15) is 0 Å². The van der Waals surface area contributed by atoms with Crippen molar-refractivity contribution in [3.63, 3.8) is 0 Å². The monoisotopic (exact) mass is 252 g/mol. The predicted octanol–water partition coefficient (Wildman–Crippen LogP) is 3.13. The third-order valence-electron chi connectivity index (χ3n) is 3.80. The summed E-state index contributed by atoms with van der Waals surface area (Å²) in [7, 11) is 2.08. The average Bonchev–Trinajstić information content (AvgIpc) is 2.83. The Morgan fingerprint density at radius 2 is 2.06 bits per heavy atom. The molecule has 1 saturated heterocycles. The van der Waals surface area contributed by atoms with Crippen molar-refractivity contribution in [2.45, 2.75) is 38.8 Å². The van der Waals surface area contributed by atoms with E-state index in [1.807, 2.05) is 11.3 Å². The molecule has 1 N–H and O–H groups in total. The molecule has 1 aliphatic heterocycles. The van der Waals surface area contributed by atoms with Gasteiger partial charge in [-0.1, -0.05) is 19.9 Å². The molecular weight excluding hydrogens is 228 g/mol. The van der Waals surface area contributed by atoms with Crippen LogP contribution in [0.3, 0.4) is 0 Å². The molecule has 1 fully saturated rings. The number of nitrogens with one attached hydrogen (secondary N) is 1. The van der Waals surface area contributed by atoms with Crippen molar-refractivity contribution < 1.29 is 0 Å². The Balaban J connectivity index is 2.03. The minimum absolute atomic E-state index is 0.618. The first-order valence-electron chi connectivity index (χ1n) is 6.67. The zero-order chi connectivity index (χ0) is 12.3. The van der Waals surface area contributed by atoms with Gasteiger partial charge in [0.15, 0.2) is 0 Å². The molecule has 0 amide bonds. The van der Waals surface area contributed by atoms with E-state index in [0.717, 1.165) is 6.04 Å². The van der Waals surface area contributed by atoms with Gasteiger partial charge in [0.05, 0.1) is 0 Å². The normalized spacial score (nSPS) is 20.9.